The van der Waals surface area contributed by atoms with E-state index in [0.717, 1.165) is 11.3 Å². The molecule has 7 heteroatoms. The average molecular weight is 319 g/mol. The molecular weight excluding hydrogens is 306 g/mol. The van der Waals surface area contributed by atoms with E-state index in [0.29, 0.717) is 17.0 Å². The largest absolute Gasteiger partial charge is 0.472 e. The summed E-state index contributed by atoms with van der Waals surface area (Å²) in [4.78, 5) is 12.0. The van der Waals surface area contributed by atoms with Crippen LogP contribution in [0.4, 0.5) is 0 Å². The summed E-state index contributed by atoms with van der Waals surface area (Å²) in [5, 5.41) is 15.5. The molecule has 0 saturated carbocycles. The number of aromatic nitrogens is 4. The van der Waals surface area contributed by atoms with Gasteiger partial charge in [0.25, 0.3) is 5.91 Å². The maximum atomic E-state index is 12.0. The summed E-state index contributed by atoms with van der Waals surface area (Å²) >= 11 is 0. The number of amides is 1. The molecule has 0 atom stereocenters. The van der Waals surface area contributed by atoms with E-state index in [-0.39, 0.29) is 12.5 Å². The molecule has 3 heterocycles. The third-order valence-electron chi connectivity index (χ3n) is 3.59. The summed E-state index contributed by atoms with van der Waals surface area (Å²) < 4.78 is 6.54. The first-order valence-corrected chi connectivity index (χ1v) is 7.38. The number of carbonyl (C=O) groups is 1. The lowest BCUT2D eigenvalue weighted by Gasteiger charge is -2.04. The van der Waals surface area contributed by atoms with Gasteiger partial charge < -0.3 is 9.73 Å². The molecule has 7 nitrogen and oxygen atoms in total. The van der Waals surface area contributed by atoms with Crippen molar-refractivity contribution in [2.45, 2.75) is 6.54 Å². The van der Waals surface area contributed by atoms with Crippen molar-refractivity contribution in [3.63, 3.8) is 0 Å². The standard InChI is InChI=1S/C17H13N5O2/c23-17(13-8-9-24-11-13)18-10-16-20-19-15-7-6-14(21-22(15)16)12-4-2-1-3-5-12/h1-9,11H,10H2,(H,18,23). The lowest BCUT2D eigenvalue weighted by molar-refractivity contribution is 0.0949. The van der Waals surface area contributed by atoms with Gasteiger partial charge in [-0.2, -0.15) is 9.61 Å². The van der Waals surface area contributed by atoms with Crippen molar-refractivity contribution >= 4 is 11.6 Å². The predicted molar refractivity (Wildman–Crippen MR) is 86.1 cm³/mol. The van der Waals surface area contributed by atoms with Gasteiger partial charge in [-0.15, -0.1) is 10.2 Å². The monoisotopic (exact) mass is 319 g/mol. The van der Waals surface area contributed by atoms with Crippen molar-refractivity contribution in [2.75, 3.05) is 0 Å². The van der Waals surface area contributed by atoms with Gasteiger partial charge in [-0.25, -0.2) is 0 Å². The first-order valence-electron chi connectivity index (χ1n) is 7.38. The highest BCUT2D eigenvalue weighted by molar-refractivity contribution is 5.93. The molecule has 0 bridgehead atoms. The number of nitrogens with one attached hydrogen (secondary N) is 1. The molecule has 1 N–H and O–H groups in total. The molecule has 4 aromatic rings. The van der Waals surface area contributed by atoms with E-state index < -0.39 is 0 Å². The van der Waals surface area contributed by atoms with E-state index in [1.807, 2.05) is 42.5 Å². The summed E-state index contributed by atoms with van der Waals surface area (Å²) in [6.07, 6.45) is 2.85. The van der Waals surface area contributed by atoms with Gasteiger partial charge in [0.2, 0.25) is 0 Å². The second kappa shape index (κ2) is 5.96. The fourth-order valence-corrected chi connectivity index (χ4v) is 2.36. The number of nitrogens with zero attached hydrogens (tertiary/aromatic N) is 4. The quantitative estimate of drug-likeness (QED) is 0.624. The fourth-order valence-electron chi connectivity index (χ4n) is 2.36. The summed E-state index contributed by atoms with van der Waals surface area (Å²) in [6.45, 7) is 0.219. The molecule has 0 unspecified atom stereocenters. The van der Waals surface area contributed by atoms with E-state index in [9.17, 15) is 4.79 Å². The molecule has 0 saturated heterocycles. The number of benzene rings is 1. The SMILES string of the molecule is O=C(NCc1nnc2ccc(-c3ccccc3)nn12)c1ccoc1. The van der Waals surface area contributed by atoms with Gasteiger partial charge in [-0.05, 0) is 18.2 Å². The van der Waals surface area contributed by atoms with Crippen molar-refractivity contribution in [1.29, 1.82) is 0 Å². The second-order valence-corrected chi connectivity index (χ2v) is 5.17. The van der Waals surface area contributed by atoms with Gasteiger partial charge in [0.05, 0.1) is 24.1 Å². The average Bonchev–Trinajstić information content (AvgIpc) is 3.30. The Bertz CT molecular complexity index is 977. The van der Waals surface area contributed by atoms with Gasteiger partial charge in [0.15, 0.2) is 11.5 Å². The molecular formula is C17H13N5O2. The zero-order valence-corrected chi connectivity index (χ0v) is 12.6. The number of hydrogen-bond donors (Lipinski definition) is 1. The van der Waals surface area contributed by atoms with Crippen LogP contribution in [0.2, 0.25) is 0 Å². The number of rotatable bonds is 4. The Hall–Kier alpha value is -3.48. The Morgan fingerprint density at radius 2 is 1.96 bits per heavy atom. The van der Waals surface area contributed by atoms with E-state index in [4.69, 9.17) is 4.42 Å². The molecule has 3 aromatic heterocycles. The predicted octanol–water partition coefficient (Wildman–Crippen LogP) is 2.31. The molecule has 0 spiro atoms. The van der Waals surface area contributed by atoms with E-state index in [1.54, 1.807) is 10.6 Å². The number of carbonyl (C=O) groups excluding carboxylic acids is 1. The van der Waals surface area contributed by atoms with Crippen molar-refractivity contribution in [3.8, 4) is 11.3 Å². The Morgan fingerprint density at radius 1 is 1.08 bits per heavy atom. The van der Waals surface area contributed by atoms with Crippen LogP contribution < -0.4 is 5.32 Å². The topological polar surface area (TPSA) is 85.3 Å². The summed E-state index contributed by atoms with van der Waals surface area (Å²) in [7, 11) is 0. The van der Waals surface area contributed by atoms with E-state index in [2.05, 4.69) is 20.6 Å². The molecule has 118 valence electrons. The van der Waals surface area contributed by atoms with Crippen LogP contribution >= 0.6 is 0 Å². The number of furan rings is 1. The first kappa shape index (κ1) is 14.1. The van der Waals surface area contributed by atoms with Crippen molar-refractivity contribution in [1.82, 2.24) is 25.1 Å². The van der Waals surface area contributed by atoms with Crippen LogP contribution in [0.25, 0.3) is 16.9 Å². The Kier molecular flexibility index (Phi) is 3.51. The zero-order valence-electron chi connectivity index (χ0n) is 12.6. The zero-order chi connectivity index (χ0) is 16.4. The van der Waals surface area contributed by atoms with Gasteiger partial charge in [0.1, 0.15) is 6.26 Å². The van der Waals surface area contributed by atoms with Crippen LogP contribution in [0.3, 0.4) is 0 Å². The molecule has 1 amide bonds. The molecule has 0 aliphatic heterocycles. The smallest absolute Gasteiger partial charge is 0.254 e. The molecule has 24 heavy (non-hydrogen) atoms. The third-order valence-corrected chi connectivity index (χ3v) is 3.59. The van der Waals surface area contributed by atoms with Crippen molar-refractivity contribution in [3.05, 3.63) is 72.4 Å². The van der Waals surface area contributed by atoms with E-state index >= 15 is 0 Å². The Labute approximate surface area is 136 Å². The molecule has 0 fully saturated rings. The normalized spacial score (nSPS) is 10.8. The number of fused-ring (bicyclic) bond motifs is 1. The molecule has 0 aliphatic rings. The molecule has 4 rings (SSSR count). The Balaban J connectivity index is 1.60. The fraction of sp³-hybridized carbons (Fsp3) is 0.0588. The first-order chi connectivity index (χ1) is 11.8. The van der Waals surface area contributed by atoms with Crippen LogP contribution in [-0.2, 0) is 6.54 Å². The second-order valence-electron chi connectivity index (χ2n) is 5.17. The number of hydrogen-bond acceptors (Lipinski definition) is 5. The lowest BCUT2D eigenvalue weighted by atomic mass is 10.1. The minimum Gasteiger partial charge on any atom is -0.472 e. The van der Waals surface area contributed by atoms with Crippen LogP contribution in [0.1, 0.15) is 16.2 Å². The maximum Gasteiger partial charge on any atom is 0.254 e. The Morgan fingerprint density at radius 3 is 2.75 bits per heavy atom. The van der Waals surface area contributed by atoms with Gasteiger partial charge in [-0.1, -0.05) is 30.3 Å². The highest BCUT2D eigenvalue weighted by Gasteiger charge is 2.11. The minimum absolute atomic E-state index is 0.219. The van der Waals surface area contributed by atoms with Crippen molar-refractivity contribution < 1.29 is 9.21 Å². The van der Waals surface area contributed by atoms with Gasteiger partial charge >= 0.3 is 0 Å². The van der Waals surface area contributed by atoms with E-state index in [1.165, 1.54) is 12.5 Å². The third kappa shape index (κ3) is 2.63. The van der Waals surface area contributed by atoms with Crippen LogP contribution in [0.15, 0.2) is 65.5 Å². The maximum absolute atomic E-state index is 12.0. The summed E-state index contributed by atoms with van der Waals surface area (Å²) in [6, 6.07) is 15.2. The summed E-state index contributed by atoms with van der Waals surface area (Å²) in [5.74, 6) is 0.319. The highest BCUT2D eigenvalue weighted by Crippen LogP contribution is 2.16. The van der Waals surface area contributed by atoms with Gasteiger partial charge in [-0.3, -0.25) is 4.79 Å². The van der Waals surface area contributed by atoms with Crippen molar-refractivity contribution in [2.24, 2.45) is 0 Å². The van der Waals surface area contributed by atoms with Crippen LogP contribution in [0, 0.1) is 0 Å². The minimum atomic E-state index is -0.236. The summed E-state index contributed by atoms with van der Waals surface area (Å²) in [5.41, 5.74) is 2.90. The molecule has 1 aromatic carbocycles. The molecule has 0 radical (unpaired) electrons. The lowest BCUT2D eigenvalue weighted by Crippen LogP contribution is -2.23. The molecule has 0 aliphatic carbocycles. The van der Waals surface area contributed by atoms with Gasteiger partial charge in [0, 0.05) is 5.56 Å². The van der Waals surface area contributed by atoms with Crippen LogP contribution in [0.5, 0.6) is 0 Å². The van der Waals surface area contributed by atoms with Crippen LogP contribution in [-0.4, -0.2) is 25.7 Å². The highest BCUT2D eigenvalue weighted by atomic mass is 16.3.